The molecule has 0 saturated heterocycles. The Morgan fingerprint density at radius 2 is 1.96 bits per heavy atom. The number of halogens is 1. The van der Waals surface area contributed by atoms with Crippen molar-refractivity contribution in [2.24, 2.45) is 0 Å². The smallest absolute Gasteiger partial charge is 0.296 e. The predicted molar refractivity (Wildman–Crippen MR) is 90.5 cm³/mol. The molecular weight excluding hydrogens is 326 g/mol. The number of amides is 1. The minimum Gasteiger partial charge on any atom is -0.304 e. The third-order valence-corrected chi connectivity index (χ3v) is 3.97. The number of hydrogen-bond donors (Lipinski definition) is 1. The van der Waals surface area contributed by atoms with E-state index in [4.69, 9.17) is 11.6 Å². The van der Waals surface area contributed by atoms with Crippen molar-refractivity contribution in [1.82, 2.24) is 19.7 Å². The van der Waals surface area contributed by atoms with Crippen molar-refractivity contribution in [3.8, 4) is 5.69 Å². The minimum atomic E-state index is -0.388. The first kappa shape index (κ1) is 14.8. The van der Waals surface area contributed by atoms with Crippen molar-refractivity contribution in [2.75, 3.05) is 5.32 Å². The average molecular weight is 340 g/mol. The maximum Gasteiger partial charge on any atom is 0.296 e. The van der Waals surface area contributed by atoms with E-state index in [0.29, 0.717) is 16.8 Å². The Kier molecular flexibility index (Phi) is 3.74. The summed E-state index contributed by atoms with van der Waals surface area (Å²) in [6.45, 7) is 0. The number of carbonyl (C=O) groups excluding carboxylic acids is 1. The predicted octanol–water partition coefficient (Wildman–Crippen LogP) is 3.45. The second-order valence-corrected chi connectivity index (χ2v) is 6.07. The number of benzene rings is 1. The maximum absolute atomic E-state index is 12.4. The first-order valence-electron chi connectivity index (χ1n) is 7.66. The third-order valence-electron chi connectivity index (χ3n) is 3.75. The van der Waals surface area contributed by atoms with Gasteiger partial charge in [0.2, 0.25) is 5.82 Å². The SMILES string of the molecule is O=C(Nc1ccc(Cl)cn1)c1nc(C2CC2)n(-c2ccccc2)n1. The fraction of sp³-hybridized carbons (Fsp3) is 0.176. The lowest BCUT2D eigenvalue weighted by Gasteiger charge is -2.03. The topological polar surface area (TPSA) is 72.7 Å². The molecule has 1 N–H and O–H groups in total. The number of pyridine rings is 1. The summed E-state index contributed by atoms with van der Waals surface area (Å²) in [5.41, 5.74) is 0.899. The van der Waals surface area contributed by atoms with Gasteiger partial charge in [0.1, 0.15) is 11.6 Å². The average Bonchev–Trinajstić information content (AvgIpc) is 3.36. The zero-order valence-corrected chi connectivity index (χ0v) is 13.4. The minimum absolute atomic E-state index is 0.137. The standard InChI is InChI=1S/C17H14ClN5O/c18-12-8-9-14(19-10-12)20-17(24)15-21-16(11-6-7-11)23(22-15)13-4-2-1-3-5-13/h1-5,8-11H,6-7H2,(H,19,20,24). The van der Waals surface area contributed by atoms with Crippen LogP contribution in [0.2, 0.25) is 5.02 Å². The van der Waals surface area contributed by atoms with Gasteiger partial charge in [0.25, 0.3) is 5.91 Å². The van der Waals surface area contributed by atoms with Crippen LogP contribution in [0.3, 0.4) is 0 Å². The molecular formula is C17H14ClN5O. The normalized spacial score (nSPS) is 13.7. The van der Waals surface area contributed by atoms with Crippen LogP contribution in [0.5, 0.6) is 0 Å². The van der Waals surface area contributed by atoms with Gasteiger partial charge in [0.05, 0.1) is 10.7 Å². The van der Waals surface area contributed by atoms with Crippen molar-refractivity contribution >= 4 is 23.3 Å². The molecule has 4 rings (SSSR count). The van der Waals surface area contributed by atoms with Crippen LogP contribution in [0.15, 0.2) is 48.7 Å². The van der Waals surface area contributed by atoms with E-state index in [-0.39, 0.29) is 11.7 Å². The lowest BCUT2D eigenvalue weighted by Crippen LogP contribution is -2.15. The number of nitrogens with zero attached hydrogens (tertiary/aromatic N) is 4. The second-order valence-electron chi connectivity index (χ2n) is 5.63. The highest BCUT2D eigenvalue weighted by molar-refractivity contribution is 6.30. The number of carbonyl (C=O) groups is 1. The molecule has 120 valence electrons. The van der Waals surface area contributed by atoms with E-state index in [1.54, 1.807) is 16.8 Å². The molecule has 0 atom stereocenters. The van der Waals surface area contributed by atoms with Gasteiger partial charge in [0, 0.05) is 12.1 Å². The second kappa shape index (κ2) is 6.05. The van der Waals surface area contributed by atoms with E-state index in [9.17, 15) is 4.79 Å². The van der Waals surface area contributed by atoms with Gasteiger partial charge in [-0.15, -0.1) is 5.10 Å². The Balaban J connectivity index is 1.63. The van der Waals surface area contributed by atoms with Crippen LogP contribution < -0.4 is 5.32 Å². The van der Waals surface area contributed by atoms with Gasteiger partial charge in [-0.2, -0.15) is 0 Å². The Hall–Kier alpha value is -2.73. The Bertz CT molecular complexity index is 872. The van der Waals surface area contributed by atoms with Crippen molar-refractivity contribution in [2.45, 2.75) is 18.8 Å². The van der Waals surface area contributed by atoms with Crippen LogP contribution >= 0.6 is 11.6 Å². The van der Waals surface area contributed by atoms with Gasteiger partial charge >= 0.3 is 0 Å². The van der Waals surface area contributed by atoms with Crippen molar-refractivity contribution < 1.29 is 4.79 Å². The molecule has 1 saturated carbocycles. The summed E-state index contributed by atoms with van der Waals surface area (Å²) in [7, 11) is 0. The molecule has 7 heteroatoms. The van der Waals surface area contributed by atoms with Gasteiger partial charge in [-0.05, 0) is 37.1 Å². The van der Waals surface area contributed by atoms with E-state index in [1.165, 1.54) is 6.20 Å². The molecule has 1 aliphatic rings. The number of hydrogen-bond acceptors (Lipinski definition) is 4. The molecule has 1 amide bonds. The first-order chi connectivity index (χ1) is 11.7. The largest absolute Gasteiger partial charge is 0.304 e. The summed E-state index contributed by atoms with van der Waals surface area (Å²) in [6.07, 6.45) is 3.62. The number of aromatic nitrogens is 4. The van der Waals surface area contributed by atoms with Gasteiger partial charge in [-0.3, -0.25) is 4.79 Å². The molecule has 1 aromatic carbocycles. The summed E-state index contributed by atoms with van der Waals surface area (Å²) >= 11 is 5.80. The van der Waals surface area contributed by atoms with Crippen LogP contribution in [0.25, 0.3) is 5.69 Å². The molecule has 6 nitrogen and oxygen atoms in total. The van der Waals surface area contributed by atoms with Gasteiger partial charge < -0.3 is 5.32 Å². The number of para-hydroxylation sites is 1. The van der Waals surface area contributed by atoms with Gasteiger partial charge in [0.15, 0.2) is 0 Å². The molecule has 0 aliphatic heterocycles. The van der Waals surface area contributed by atoms with E-state index in [0.717, 1.165) is 24.4 Å². The molecule has 2 heterocycles. The summed E-state index contributed by atoms with van der Waals surface area (Å²) in [5, 5.41) is 7.59. The zero-order valence-electron chi connectivity index (χ0n) is 12.7. The molecule has 24 heavy (non-hydrogen) atoms. The summed E-state index contributed by atoms with van der Waals surface area (Å²) in [4.78, 5) is 20.9. The highest BCUT2D eigenvalue weighted by atomic mass is 35.5. The Labute approximate surface area is 143 Å². The number of nitrogens with one attached hydrogen (secondary N) is 1. The van der Waals surface area contributed by atoms with Crippen LogP contribution in [-0.4, -0.2) is 25.7 Å². The quantitative estimate of drug-likeness (QED) is 0.790. The van der Waals surface area contributed by atoms with Gasteiger partial charge in [-0.1, -0.05) is 29.8 Å². The van der Waals surface area contributed by atoms with Crippen molar-refractivity contribution in [3.63, 3.8) is 0 Å². The molecule has 3 aromatic rings. The molecule has 2 aromatic heterocycles. The lowest BCUT2D eigenvalue weighted by atomic mass is 10.3. The van der Waals surface area contributed by atoms with E-state index < -0.39 is 0 Å². The third kappa shape index (κ3) is 3.00. The lowest BCUT2D eigenvalue weighted by molar-refractivity contribution is 0.101. The fourth-order valence-electron chi connectivity index (χ4n) is 2.41. The zero-order chi connectivity index (χ0) is 16.5. The van der Waals surface area contributed by atoms with E-state index >= 15 is 0 Å². The summed E-state index contributed by atoms with van der Waals surface area (Å²) in [5.74, 6) is 1.36. The van der Waals surface area contributed by atoms with Crippen LogP contribution in [0.4, 0.5) is 5.82 Å². The Morgan fingerprint density at radius 1 is 1.17 bits per heavy atom. The molecule has 0 bridgehead atoms. The first-order valence-corrected chi connectivity index (χ1v) is 8.04. The number of anilines is 1. The maximum atomic E-state index is 12.4. The molecule has 1 fully saturated rings. The van der Waals surface area contributed by atoms with Crippen molar-refractivity contribution in [1.29, 1.82) is 0 Å². The monoisotopic (exact) mass is 339 g/mol. The molecule has 0 unspecified atom stereocenters. The van der Waals surface area contributed by atoms with E-state index in [1.807, 2.05) is 30.3 Å². The summed E-state index contributed by atoms with van der Waals surface area (Å²) < 4.78 is 1.75. The highest BCUT2D eigenvalue weighted by Gasteiger charge is 2.31. The molecule has 1 aliphatic carbocycles. The number of rotatable bonds is 4. The van der Waals surface area contributed by atoms with E-state index in [2.05, 4.69) is 20.4 Å². The fourth-order valence-corrected chi connectivity index (χ4v) is 2.52. The summed E-state index contributed by atoms with van der Waals surface area (Å²) in [6, 6.07) is 13.0. The van der Waals surface area contributed by atoms with Crippen molar-refractivity contribution in [3.05, 3.63) is 65.3 Å². The van der Waals surface area contributed by atoms with Crippen LogP contribution in [-0.2, 0) is 0 Å². The highest BCUT2D eigenvalue weighted by Crippen LogP contribution is 2.39. The molecule has 0 radical (unpaired) electrons. The van der Waals surface area contributed by atoms with Gasteiger partial charge in [-0.25, -0.2) is 14.6 Å². The van der Waals surface area contributed by atoms with Crippen LogP contribution in [0, 0.1) is 0 Å². The Morgan fingerprint density at radius 3 is 2.62 bits per heavy atom. The molecule has 0 spiro atoms. The van der Waals surface area contributed by atoms with Crippen LogP contribution in [0.1, 0.15) is 35.2 Å².